The molecule has 1 aromatic carbocycles. The van der Waals surface area contributed by atoms with Gasteiger partial charge < -0.3 is 4.90 Å². The molecule has 1 heterocycles. The Morgan fingerprint density at radius 1 is 1.22 bits per heavy atom. The van der Waals surface area contributed by atoms with Gasteiger partial charge in [-0.15, -0.1) is 0 Å². The first kappa shape index (κ1) is 20.3. The molecule has 0 atom stereocenters. The van der Waals surface area contributed by atoms with Gasteiger partial charge in [0.25, 0.3) is 5.91 Å². The minimum Gasteiger partial charge on any atom is -0.349 e. The summed E-state index contributed by atoms with van der Waals surface area (Å²) in [5, 5.41) is 4.21. The van der Waals surface area contributed by atoms with Crippen molar-refractivity contribution in [2.75, 3.05) is 20.7 Å². The van der Waals surface area contributed by atoms with Crippen molar-refractivity contribution in [2.45, 2.75) is 26.2 Å². The van der Waals surface area contributed by atoms with Gasteiger partial charge in [0.1, 0.15) is 0 Å². The molecule has 2 aromatic rings. The van der Waals surface area contributed by atoms with Crippen LogP contribution in [0.1, 0.15) is 35.9 Å². The third-order valence-corrected chi connectivity index (χ3v) is 3.88. The lowest BCUT2D eigenvalue weighted by molar-refractivity contribution is -0.129. The van der Waals surface area contributed by atoms with Crippen molar-refractivity contribution in [1.29, 1.82) is 0 Å². The van der Waals surface area contributed by atoms with Crippen LogP contribution in [-0.2, 0) is 16.1 Å². The van der Waals surface area contributed by atoms with Crippen LogP contribution in [0.3, 0.4) is 0 Å². The molecule has 0 aliphatic rings. The summed E-state index contributed by atoms with van der Waals surface area (Å²) in [7, 11) is 3.35. The molecule has 8 nitrogen and oxygen atoms in total. The molecule has 0 fully saturated rings. The largest absolute Gasteiger partial charge is 0.349 e. The SMILES string of the molecule is CCc1cc(=O)c(C(=O)NOCCCC(=O)N(C)C)nn1-c1ccccc1. The summed E-state index contributed by atoms with van der Waals surface area (Å²) < 4.78 is 1.58. The van der Waals surface area contributed by atoms with Crippen LogP contribution in [-0.4, -0.2) is 47.2 Å². The Balaban J connectivity index is 2.06. The van der Waals surface area contributed by atoms with E-state index in [0.717, 1.165) is 5.69 Å². The van der Waals surface area contributed by atoms with Gasteiger partial charge >= 0.3 is 0 Å². The van der Waals surface area contributed by atoms with Gasteiger partial charge in [-0.2, -0.15) is 5.10 Å². The monoisotopic (exact) mass is 372 g/mol. The van der Waals surface area contributed by atoms with Gasteiger partial charge in [-0.3, -0.25) is 19.2 Å². The van der Waals surface area contributed by atoms with E-state index in [9.17, 15) is 14.4 Å². The van der Waals surface area contributed by atoms with Crippen molar-refractivity contribution >= 4 is 11.8 Å². The average molecular weight is 372 g/mol. The molecular formula is C19H24N4O4. The van der Waals surface area contributed by atoms with E-state index in [1.807, 2.05) is 37.3 Å². The highest BCUT2D eigenvalue weighted by Gasteiger charge is 2.16. The number of aromatic nitrogens is 2. The van der Waals surface area contributed by atoms with Crippen molar-refractivity contribution in [1.82, 2.24) is 20.2 Å². The van der Waals surface area contributed by atoms with E-state index < -0.39 is 11.3 Å². The highest BCUT2D eigenvalue weighted by Crippen LogP contribution is 2.09. The lowest BCUT2D eigenvalue weighted by Crippen LogP contribution is -2.32. The predicted octanol–water partition coefficient (Wildman–Crippen LogP) is 1.32. The number of hydroxylamine groups is 1. The molecule has 2 amide bonds. The number of carbonyl (C=O) groups excluding carboxylic acids is 2. The number of carbonyl (C=O) groups is 2. The predicted molar refractivity (Wildman–Crippen MR) is 101 cm³/mol. The molecule has 2 rings (SSSR count). The highest BCUT2D eigenvalue weighted by molar-refractivity contribution is 5.91. The minimum absolute atomic E-state index is 0.0208. The van der Waals surface area contributed by atoms with E-state index in [2.05, 4.69) is 10.6 Å². The zero-order valence-electron chi connectivity index (χ0n) is 15.8. The second kappa shape index (κ2) is 9.63. The van der Waals surface area contributed by atoms with E-state index in [1.165, 1.54) is 11.0 Å². The van der Waals surface area contributed by atoms with Gasteiger partial charge in [-0.1, -0.05) is 25.1 Å². The molecule has 27 heavy (non-hydrogen) atoms. The average Bonchev–Trinajstić information content (AvgIpc) is 2.67. The second-order valence-corrected chi connectivity index (χ2v) is 6.12. The Morgan fingerprint density at radius 3 is 2.56 bits per heavy atom. The molecule has 0 aliphatic heterocycles. The first-order valence-electron chi connectivity index (χ1n) is 8.75. The van der Waals surface area contributed by atoms with Gasteiger partial charge in [0.05, 0.1) is 12.3 Å². The third-order valence-electron chi connectivity index (χ3n) is 3.88. The van der Waals surface area contributed by atoms with E-state index in [4.69, 9.17) is 4.84 Å². The summed E-state index contributed by atoms with van der Waals surface area (Å²) in [5.74, 6) is -0.737. The van der Waals surface area contributed by atoms with Crippen molar-refractivity contribution in [3.05, 3.63) is 58.0 Å². The Bertz CT molecular complexity index is 847. The number of hydrogen-bond donors (Lipinski definition) is 1. The van der Waals surface area contributed by atoms with Gasteiger partial charge in [0.2, 0.25) is 11.3 Å². The Kier molecular flexibility index (Phi) is 7.25. The minimum atomic E-state index is -0.716. The number of hydrogen-bond acceptors (Lipinski definition) is 5. The standard InChI is InChI=1S/C19H24N4O4/c1-4-14-13-16(24)18(20-23(14)15-9-6-5-7-10-15)19(26)21-27-12-8-11-17(25)22(2)3/h5-7,9-10,13H,4,8,11-12H2,1-3H3,(H,21,26). The topological polar surface area (TPSA) is 93.5 Å². The van der Waals surface area contributed by atoms with Crippen LogP contribution < -0.4 is 10.9 Å². The van der Waals surface area contributed by atoms with E-state index in [0.29, 0.717) is 25.0 Å². The Hall–Kier alpha value is -3.00. The second-order valence-electron chi connectivity index (χ2n) is 6.12. The number of rotatable bonds is 8. The van der Waals surface area contributed by atoms with Gasteiger partial charge in [0.15, 0.2) is 5.69 Å². The molecule has 0 aliphatic carbocycles. The van der Waals surface area contributed by atoms with E-state index in [1.54, 1.807) is 18.8 Å². The summed E-state index contributed by atoms with van der Waals surface area (Å²) in [5.41, 5.74) is 2.96. The van der Waals surface area contributed by atoms with Crippen molar-refractivity contribution < 1.29 is 14.4 Å². The number of amides is 2. The smallest absolute Gasteiger partial charge is 0.299 e. The molecule has 1 N–H and O–H groups in total. The van der Waals surface area contributed by atoms with Gasteiger partial charge in [0, 0.05) is 32.3 Å². The number of para-hydroxylation sites is 1. The van der Waals surface area contributed by atoms with Gasteiger partial charge in [-0.05, 0) is 25.0 Å². The zero-order chi connectivity index (χ0) is 19.8. The first-order valence-corrected chi connectivity index (χ1v) is 8.75. The maximum absolute atomic E-state index is 12.3. The summed E-state index contributed by atoms with van der Waals surface area (Å²) in [6.45, 7) is 2.07. The molecule has 0 saturated carbocycles. The molecule has 144 valence electrons. The normalized spacial score (nSPS) is 10.5. The number of aryl methyl sites for hydroxylation is 1. The molecule has 1 aromatic heterocycles. The van der Waals surface area contributed by atoms with Crippen LogP contribution in [0.5, 0.6) is 0 Å². The van der Waals surface area contributed by atoms with Crippen molar-refractivity contribution in [3.8, 4) is 5.69 Å². The maximum atomic E-state index is 12.3. The fourth-order valence-corrected chi connectivity index (χ4v) is 2.38. The summed E-state index contributed by atoms with van der Waals surface area (Å²) in [6, 6.07) is 10.7. The van der Waals surface area contributed by atoms with Crippen LogP contribution in [0, 0.1) is 0 Å². The number of nitrogens with zero attached hydrogens (tertiary/aromatic N) is 3. The fraction of sp³-hybridized carbons (Fsp3) is 0.368. The Morgan fingerprint density at radius 2 is 1.93 bits per heavy atom. The molecule has 0 saturated heterocycles. The van der Waals surface area contributed by atoms with Crippen LogP contribution >= 0.6 is 0 Å². The Labute approximate surface area is 157 Å². The molecule has 0 spiro atoms. The van der Waals surface area contributed by atoms with E-state index >= 15 is 0 Å². The number of benzene rings is 1. The molecular weight excluding hydrogens is 348 g/mol. The molecule has 0 bridgehead atoms. The van der Waals surface area contributed by atoms with Gasteiger partial charge in [-0.25, -0.2) is 10.2 Å². The van der Waals surface area contributed by atoms with Crippen LogP contribution in [0.2, 0.25) is 0 Å². The summed E-state index contributed by atoms with van der Waals surface area (Å²) in [4.78, 5) is 42.5. The lowest BCUT2D eigenvalue weighted by Gasteiger charge is -2.13. The molecule has 0 radical (unpaired) electrons. The third kappa shape index (κ3) is 5.49. The van der Waals surface area contributed by atoms with Crippen molar-refractivity contribution in [2.24, 2.45) is 0 Å². The van der Waals surface area contributed by atoms with Crippen LogP contribution in [0.4, 0.5) is 0 Å². The maximum Gasteiger partial charge on any atom is 0.299 e. The molecule has 0 unspecified atom stereocenters. The number of nitrogens with one attached hydrogen (secondary N) is 1. The highest BCUT2D eigenvalue weighted by atomic mass is 16.6. The zero-order valence-corrected chi connectivity index (χ0v) is 15.8. The van der Waals surface area contributed by atoms with Crippen LogP contribution in [0.15, 0.2) is 41.2 Å². The molecule has 8 heteroatoms. The fourth-order valence-electron chi connectivity index (χ4n) is 2.38. The first-order chi connectivity index (χ1) is 12.9. The van der Waals surface area contributed by atoms with Crippen molar-refractivity contribution in [3.63, 3.8) is 0 Å². The van der Waals surface area contributed by atoms with E-state index in [-0.39, 0.29) is 18.2 Å². The summed E-state index contributed by atoms with van der Waals surface area (Å²) in [6.07, 6.45) is 1.36. The van der Waals surface area contributed by atoms with Crippen LogP contribution in [0.25, 0.3) is 5.69 Å². The quantitative estimate of drug-likeness (QED) is 0.557. The lowest BCUT2D eigenvalue weighted by atomic mass is 10.2. The summed E-state index contributed by atoms with van der Waals surface area (Å²) >= 11 is 0.